The molecule has 0 radical (unpaired) electrons. The van der Waals surface area contributed by atoms with Crippen LogP contribution in [-0.4, -0.2) is 23.0 Å². The van der Waals surface area contributed by atoms with Gasteiger partial charge in [0.1, 0.15) is 17.5 Å². The van der Waals surface area contributed by atoms with Gasteiger partial charge >= 0.3 is 5.97 Å². The van der Waals surface area contributed by atoms with Crippen molar-refractivity contribution in [2.75, 3.05) is 5.32 Å². The minimum absolute atomic E-state index is 0.00637. The maximum Gasteiger partial charge on any atom is 0.307 e. The molecule has 1 heterocycles. The van der Waals surface area contributed by atoms with Crippen LogP contribution in [0.3, 0.4) is 0 Å². The Labute approximate surface area is 176 Å². The highest BCUT2D eigenvalue weighted by molar-refractivity contribution is 5.95. The Morgan fingerprint density at radius 3 is 2.52 bits per heavy atom. The number of rotatable bonds is 7. The first-order chi connectivity index (χ1) is 14.7. The van der Waals surface area contributed by atoms with Crippen LogP contribution >= 0.6 is 0 Å². The SMILES string of the molecule is Cc1ccc(NC(=O)C(C)OC(=O)CCc2ncc(-c3c(F)cccc3F)o2)cc1F. The van der Waals surface area contributed by atoms with Gasteiger partial charge in [-0.25, -0.2) is 18.2 Å². The van der Waals surface area contributed by atoms with Gasteiger partial charge in [-0.3, -0.25) is 9.59 Å². The minimum Gasteiger partial charge on any atom is -0.453 e. The molecule has 2 aromatic carbocycles. The number of ether oxygens (including phenoxy) is 1. The fourth-order valence-electron chi connectivity index (χ4n) is 2.71. The lowest BCUT2D eigenvalue weighted by Crippen LogP contribution is -2.30. The van der Waals surface area contributed by atoms with Crippen LogP contribution in [0.5, 0.6) is 0 Å². The average molecular weight is 432 g/mol. The third-order valence-corrected chi connectivity index (χ3v) is 4.42. The highest BCUT2D eigenvalue weighted by Gasteiger charge is 2.20. The van der Waals surface area contributed by atoms with E-state index in [1.807, 2.05) is 0 Å². The van der Waals surface area contributed by atoms with Gasteiger partial charge in [0.15, 0.2) is 17.8 Å². The van der Waals surface area contributed by atoms with E-state index in [0.29, 0.717) is 5.56 Å². The maximum atomic E-state index is 13.8. The Hall–Kier alpha value is -3.62. The van der Waals surface area contributed by atoms with E-state index < -0.39 is 35.4 Å². The van der Waals surface area contributed by atoms with Crippen molar-refractivity contribution < 1.29 is 31.9 Å². The molecule has 1 atom stereocenters. The van der Waals surface area contributed by atoms with Gasteiger partial charge in [-0.2, -0.15) is 0 Å². The number of esters is 1. The van der Waals surface area contributed by atoms with E-state index in [9.17, 15) is 22.8 Å². The van der Waals surface area contributed by atoms with Crippen molar-refractivity contribution >= 4 is 17.6 Å². The third kappa shape index (κ3) is 5.50. The second-order valence-corrected chi connectivity index (χ2v) is 6.80. The summed E-state index contributed by atoms with van der Waals surface area (Å²) in [5.41, 5.74) is 0.329. The summed E-state index contributed by atoms with van der Waals surface area (Å²) in [6.07, 6.45) is -0.119. The second-order valence-electron chi connectivity index (χ2n) is 6.80. The molecule has 1 aromatic heterocycles. The number of carbonyl (C=O) groups is 2. The number of amides is 1. The number of nitrogens with one attached hydrogen (secondary N) is 1. The monoisotopic (exact) mass is 432 g/mol. The Balaban J connectivity index is 1.52. The molecule has 0 fully saturated rings. The predicted octanol–water partition coefficient (Wildman–Crippen LogP) is 4.57. The second kappa shape index (κ2) is 9.46. The lowest BCUT2D eigenvalue weighted by Gasteiger charge is -2.13. The van der Waals surface area contributed by atoms with Crippen molar-refractivity contribution in [1.82, 2.24) is 4.98 Å². The van der Waals surface area contributed by atoms with Crippen LogP contribution in [0.4, 0.5) is 18.9 Å². The number of aryl methyl sites for hydroxylation is 2. The molecule has 3 aromatic rings. The lowest BCUT2D eigenvalue weighted by molar-refractivity contribution is -0.153. The number of aromatic nitrogens is 1. The molecule has 0 aliphatic carbocycles. The maximum absolute atomic E-state index is 13.8. The summed E-state index contributed by atoms with van der Waals surface area (Å²) in [4.78, 5) is 28.1. The lowest BCUT2D eigenvalue weighted by atomic mass is 10.1. The topological polar surface area (TPSA) is 81.4 Å². The zero-order valence-corrected chi connectivity index (χ0v) is 16.7. The molecule has 0 saturated heterocycles. The molecular formula is C22H19F3N2O4. The molecule has 0 bridgehead atoms. The van der Waals surface area contributed by atoms with Gasteiger partial charge < -0.3 is 14.5 Å². The summed E-state index contributed by atoms with van der Waals surface area (Å²) in [5, 5.41) is 2.46. The third-order valence-electron chi connectivity index (χ3n) is 4.42. The van der Waals surface area contributed by atoms with Gasteiger partial charge in [-0.15, -0.1) is 0 Å². The Morgan fingerprint density at radius 1 is 1.13 bits per heavy atom. The van der Waals surface area contributed by atoms with Crippen LogP contribution in [0, 0.1) is 24.4 Å². The summed E-state index contributed by atoms with van der Waals surface area (Å²) in [5.74, 6) is -3.40. The van der Waals surface area contributed by atoms with Crippen molar-refractivity contribution in [1.29, 1.82) is 0 Å². The molecule has 1 N–H and O–H groups in total. The standard InChI is InChI=1S/C22H19F3N2O4/c1-12-6-7-14(10-17(12)25)27-22(29)13(2)30-20(28)9-8-19-26-11-18(31-19)21-15(23)4-3-5-16(21)24/h3-7,10-11,13H,8-9H2,1-2H3,(H,27,29). The van der Waals surface area contributed by atoms with E-state index in [4.69, 9.17) is 9.15 Å². The van der Waals surface area contributed by atoms with Crippen LogP contribution in [0.15, 0.2) is 47.0 Å². The number of halogens is 3. The van der Waals surface area contributed by atoms with E-state index in [0.717, 1.165) is 12.1 Å². The number of benzene rings is 2. The van der Waals surface area contributed by atoms with Crippen LogP contribution in [0.1, 0.15) is 24.8 Å². The number of carbonyl (C=O) groups excluding carboxylic acids is 2. The summed E-state index contributed by atoms with van der Waals surface area (Å²) >= 11 is 0. The van der Waals surface area contributed by atoms with Gasteiger partial charge in [0.05, 0.1) is 18.2 Å². The first-order valence-electron chi connectivity index (χ1n) is 9.40. The molecule has 1 amide bonds. The van der Waals surface area contributed by atoms with Crippen LogP contribution in [0.2, 0.25) is 0 Å². The molecule has 0 aliphatic heterocycles. The summed E-state index contributed by atoms with van der Waals surface area (Å²) in [6, 6.07) is 7.63. The molecule has 3 rings (SSSR count). The van der Waals surface area contributed by atoms with Gasteiger partial charge in [-0.05, 0) is 43.7 Å². The summed E-state index contributed by atoms with van der Waals surface area (Å²) in [7, 11) is 0. The van der Waals surface area contributed by atoms with E-state index in [-0.39, 0.29) is 35.7 Å². The van der Waals surface area contributed by atoms with Crippen molar-refractivity contribution in [2.45, 2.75) is 32.8 Å². The van der Waals surface area contributed by atoms with Gasteiger partial charge in [0.2, 0.25) is 0 Å². The normalized spacial score (nSPS) is 11.8. The highest BCUT2D eigenvalue weighted by Crippen LogP contribution is 2.26. The molecule has 0 saturated carbocycles. The van der Waals surface area contributed by atoms with Gasteiger partial charge in [0, 0.05) is 12.1 Å². The number of anilines is 1. The smallest absolute Gasteiger partial charge is 0.307 e. The zero-order valence-electron chi connectivity index (χ0n) is 16.7. The Kier molecular flexibility index (Phi) is 6.74. The van der Waals surface area contributed by atoms with Crippen molar-refractivity contribution in [3.8, 4) is 11.3 Å². The Bertz CT molecular complexity index is 1090. The first-order valence-corrected chi connectivity index (χ1v) is 9.40. The molecule has 162 valence electrons. The fraction of sp³-hybridized carbons (Fsp3) is 0.227. The number of hydrogen-bond acceptors (Lipinski definition) is 5. The molecular weight excluding hydrogens is 413 g/mol. The molecule has 31 heavy (non-hydrogen) atoms. The van der Waals surface area contributed by atoms with E-state index >= 15 is 0 Å². The predicted molar refractivity (Wildman–Crippen MR) is 105 cm³/mol. The minimum atomic E-state index is -1.12. The van der Waals surface area contributed by atoms with Crippen molar-refractivity contribution in [3.63, 3.8) is 0 Å². The molecule has 6 nitrogen and oxygen atoms in total. The quantitative estimate of drug-likeness (QED) is 0.553. The van der Waals surface area contributed by atoms with Gasteiger partial charge in [0.25, 0.3) is 5.91 Å². The highest BCUT2D eigenvalue weighted by atomic mass is 19.1. The first kappa shape index (κ1) is 22.1. The summed E-state index contributed by atoms with van der Waals surface area (Å²) < 4.78 is 51.6. The number of nitrogens with zero attached hydrogens (tertiary/aromatic N) is 1. The average Bonchev–Trinajstić information content (AvgIpc) is 3.17. The van der Waals surface area contributed by atoms with Crippen LogP contribution in [0.25, 0.3) is 11.3 Å². The Morgan fingerprint density at radius 2 is 1.84 bits per heavy atom. The van der Waals surface area contributed by atoms with E-state index in [2.05, 4.69) is 10.3 Å². The number of oxazole rings is 1. The van der Waals surface area contributed by atoms with Gasteiger partial charge in [-0.1, -0.05) is 12.1 Å². The fourth-order valence-corrected chi connectivity index (χ4v) is 2.71. The van der Waals surface area contributed by atoms with Crippen molar-refractivity contribution in [2.24, 2.45) is 0 Å². The number of hydrogen-bond donors (Lipinski definition) is 1. The van der Waals surface area contributed by atoms with Crippen LogP contribution < -0.4 is 5.32 Å². The molecule has 0 aliphatic rings. The largest absolute Gasteiger partial charge is 0.453 e. The van der Waals surface area contributed by atoms with E-state index in [1.165, 1.54) is 37.4 Å². The summed E-state index contributed by atoms with van der Waals surface area (Å²) in [6.45, 7) is 2.97. The molecule has 1 unspecified atom stereocenters. The molecule has 0 spiro atoms. The van der Waals surface area contributed by atoms with Crippen molar-refractivity contribution in [3.05, 3.63) is 71.5 Å². The molecule has 9 heteroatoms. The van der Waals surface area contributed by atoms with Crippen LogP contribution in [-0.2, 0) is 20.7 Å². The zero-order chi connectivity index (χ0) is 22.5. The van der Waals surface area contributed by atoms with E-state index in [1.54, 1.807) is 6.92 Å².